The van der Waals surface area contributed by atoms with Gasteiger partial charge in [-0.1, -0.05) is 24.3 Å². The molecule has 3 rings (SSSR count). The van der Waals surface area contributed by atoms with Gasteiger partial charge in [0.05, 0.1) is 5.69 Å². The number of anilines is 1. The van der Waals surface area contributed by atoms with Crippen molar-refractivity contribution in [2.24, 2.45) is 0 Å². The van der Waals surface area contributed by atoms with E-state index in [1.54, 1.807) is 12.4 Å². The lowest BCUT2D eigenvalue weighted by Gasteiger charge is -1.99. The zero-order valence-corrected chi connectivity index (χ0v) is 9.01. The number of H-pyrrole nitrogens is 2. The first-order chi connectivity index (χ1) is 8.33. The quantitative estimate of drug-likeness (QED) is 0.624. The second kappa shape index (κ2) is 3.79. The van der Waals surface area contributed by atoms with Gasteiger partial charge >= 0.3 is 0 Å². The predicted molar refractivity (Wildman–Crippen MR) is 66.0 cm³/mol. The summed E-state index contributed by atoms with van der Waals surface area (Å²) in [5.41, 5.74) is 8.57. The Bertz CT molecular complexity index is 607. The number of aromatic nitrogens is 4. The van der Waals surface area contributed by atoms with E-state index in [1.165, 1.54) is 0 Å². The SMILES string of the molecule is Nc1cc(-c2ccc(-c3ncc[nH]3)cc2)[nH]n1. The number of benzene rings is 1. The van der Waals surface area contributed by atoms with Gasteiger partial charge in [0, 0.05) is 24.0 Å². The van der Waals surface area contributed by atoms with Crippen LogP contribution >= 0.6 is 0 Å². The number of hydrogen-bond acceptors (Lipinski definition) is 3. The van der Waals surface area contributed by atoms with Crippen LogP contribution in [-0.4, -0.2) is 20.2 Å². The summed E-state index contributed by atoms with van der Waals surface area (Å²) in [5.74, 6) is 1.36. The molecule has 2 heterocycles. The smallest absolute Gasteiger partial charge is 0.145 e. The average Bonchev–Trinajstić information content (AvgIpc) is 3.00. The van der Waals surface area contributed by atoms with E-state index < -0.39 is 0 Å². The van der Waals surface area contributed by atoms with Crippen molar-refractivity contribution in [2.75, 3.05) is 5.73 Å². The second-order valence-corrected chi connectivity index (χ2v) is 3.72. The Kier molecular flexibility index (Phi) is 2.15. The van der Waals surface area contributed by atoms with Crippen LogP contribution in [0.2, 0.25) is 0 Å². The second-order valence-electron chi connectivity index (χ2n) is 3.72. The molecule has 0 saturated heterocycles. The number of nitrogen functional groups attached to an aromatic ring is 1. The number of rotatable bonds is 2. The minimum Gasteiger partial charge on any atom is -0.382 e. The molecule has 0 unspecified atom stereocenters. The minimum atomic E-state index is 0.495. The van der Waals surface area contributed by atoms with Gasteiger partial charge in [0.1, 0.15) is 11.6 Å². The van der Waals surface area contributed by atoms with Crippen LogP contribution in [0.5, 0.6) is 0 Å². The summed E-state index contributed by atoms with van der Waals surface area (Å²) in [4.78, 5) is 7.26. The van der Waals surface area contributed by atoms with E-state index in [2.05, 4.69) is 20.2 Å². The van der Waals surface area contributed by atoms with E-state index in [1.807, 2.05) is 30.3 Å². The Hall–Kier alpha value is -2.56. The molecule has 17 heavy (non-hydrogen) atoms. The highest BCUT2D eigenvalue weighted by Crippen LogP contribution is 2.22. The molecule has 0 aliphatic heterocycles. The van der Waals surface area contributed by atoms with E-state index in [4.69, 9.17) is 5.73 Å². The van der Waals surface area contributed by atoms with Crippen molar-refractivity contribution in [1.82, 2.24) is 20.2 Å². The van der Waals surface area contributed by atoms with Crippen molar-refractivity contribution in [3.05, 3.63) is 42.7 Å². The zero-order chi connectivity index (χ0) is 11.7. The van der Waals surface area contributed by atoms with E-state index in [0.717, 1.165) is 22.6 Å². The van der Waals surface area contributed by atoms with Crippen LogP contribution in [0.25, 0.3) is 22.6 Å². The molecule has 0 fully saturated rings. The third-order valence-electron chi connectivity index (χ3n) is 2.57. The fourth-order valence-electron chi connectivity index (χ4n) is 1.72. The van der Waals surface area contributed by atoms with Crippen LogP contribution in [-0.2, 0) is 0 Å². The predicted octanol–water partition coefficient (Wildman–Crippen LogP) is 2.05. The third-order valence-corrected chi connectivity index (χ3v) is 2.57. The normalized spacial score (nSPS) is 10.6. The highest BCUT2D eigenvalue weighted by molar-refractivity contribution is 5.66. The average molecular weight is 225 g/mol. The first kappa shape index (κ1) is 9.65. The standard InChI is InChI=1S/C12H11N5/c13-11-7-10(16-17-11)8-1-3-9(4-2-8)12-14-5-6-15-12/h1-7H,(H,14,15)(H3,13,16,17). The number of hydrogen-bond donors (Lipinski definition) is 3. The largest absolute Gasteiger partial charge is 0.382 e. The maximum absolute atomic E-state index is 5.57. The fraction of sp³-hybridized carbons (Fsp3) is 0. The van der Waals surface area contributed by atoms with Gasteiger partial charge in [-0.15, -0.1) is 0 Å². The summed E-state index contributed by atoms with van der Waals surface area (Å²) < 4.78 is 0. The first-order valence-electron chi connectivity index (χ1n) is 5.24. The van der Waals surface area contributed by atoms with Crippen LogP contribution in [0.4, 0.5) is 5.82 Å². The summed E-state index contributed by atoms with van der Waals surface area (Å²) in [7, 11) is 0. The van der Waals surface area contributed by atoms with E-state index in [9.17, 15) is 0 Å². The Balaban J connectivity index is 1.95. The van der Waals surface area contributed by atoms with Crippen molar-refractivity contribution in [1.29, 1.82) is 0 Å². The van der Waals surface area contributed by atoms with Gasteiger partial charge in [0.2, 0.25) is 0 Å². The van der Waals surface area contributed by atoms with Gasteiger partial charge in [-0.25, -0.2) is 4.98 Å². The van der Waals surface area contributed by atoms with Crippen molar-refractivity contribution < 1.29 is 0 Å². The van der Waals surface area contributed by atoms with Gasteiger partial charge in [-0.05, 0) is 5.56 Å². The molecule has 5 nitrogen and oxygen atoms in total. The van der Waals surface area contributed by atoms with Crippen molar-refractivity contribution in [3.8, 4) is 22.6 Å². The molecule has 0 saturated carbocycles. The number of nitrogens with one attached hydrogen (secondary N) is 2. The number of nitrogens with zero attached hydrogens (tertiary/aromatic N) is 2. The summed E-state index contributed by atoms with van der Waals surface area (Å²) in [6.45, 7) is 0. The molecule has 5 heteroatoms. The molecule has 1 aromatic carbocycles. The highest BCUT2D eigenvalue weighted by atomic mass is 15.2. The van der Waals surface area contributed by atoms with Gasteiger partial charge < -0.3 is 10.7 Å². The number of imidazole rings is 1. The summed E-state index contributed by atoms with van der Waals surface area (Å²) in [6.07, 6.45) is 3.54. The summed E-state index contributed by atoms with van der Waals surface area (Å²) >= 11 is 0. The molecular weight excluding hydrogens is 214 g/mol. The van der Waals surface area contributed by atoms with Gasteiger partial charge in [-0.3, -0.25) is 5.10 Å². The lowest BCUT2D eigenvalue weighted by atomic mass is 10.1. The maximum atomic E-state index is 5.57. The third kappa shape index (κ3) is 1.78. The van der Waals surface area contributed by atoms with Gasteiger partial charge in [0.15, 0.2) is 0 Å². The van der Waals surface area contributed by atoms with Gasteiger partial charge in [0.25, 0.3) is 0 Å². The Morgan fingerprint density at radius 1 is 1.06 bits per heavy atom. The Morgan fingerprint density at radius 2 is 1.82 bits per heavy atom. The van der Waals surface area contributed by atoms with Crippen LogP contribution < -0.4 is 5.73 Å². The molecule has 0 amide bonds. The maximum Gasteiger partial charge on any atom is 0.145 e. The van der Waals surface area contributed by atoms with Crippen molar-refractivity contribution in [2.45, 2.75) is 0 Å². The summed E-state index contributed by atoms with van der Waals surface area (Å²) in [6, 6.07) is 9.83. The van der Waals surface area contributed by atoms with E-state index in [0.29, 0.717) is 5.82 Å². The monoisotopic (exact) mass is 225 g/mol. The van der Waals surface area contributed by atoms with Crippen molar-refractivity contribution in [3.63, 3.8) is 0 Å². The Labute approximate surface area is 97.7 Å². The Morgan fingerprint density at radius 3 is 2.41 bits per heavy atom. The molecule has 0 aliphatic rings. The molecule has 4 N–H and O–H groups in total. The molecular formula is C12H11N5. The molecule has 84 valence electrons. The van der Waals surface area contributed by atoms with Crippen LogP contribution in [0.1, 0.15) is 0 Å². The van der Waals surface area contributed by atoms with Crippen LogP contribution in [0.15, 0.2) is 42.7 Å². The highest BCUT2D eigenvalue weighted by Gasteiger charge is 2.03. The molecule has 0 spiro atoms. The zero-order valence-electron chi connectivity index (χ0n) is 9.01. The minimum absolute atomic E-state index is 0.495. The van der Waals surface area contributed by atoms with Crippen molar-refractivity contribution >= 4 is 5.82 Å². The molecule has 2 aromatic heterocycles. The molecule has 3 aromatic rings. The molecule has 0 radical (unpaired) electrons. The lowest BCUT2D eigenvalue weighted by molar-refractivity contribution is 1.10. The topological polar surface area (TPSA) is 83.4 Å². The van der Waals surface area contributed by atoms with Gasteiger partial charge in [-0.2, -0.15) is 5.10 Å². The van der Waals surface area contributed by atoms with Crippen LogP contribution in [0, 0.1) is 0 Å². The number of aromatic amines is 2. The molecule has 0 bridgehead atoms. The fourth-order valence-corrected chi connectivity index (χ4v) is 1.72. The lowest BCUT2D eigenvalue weighted by Crippen LogP contribution is -1.82. The molecule has 0 atom stereocenters. The van der Waals surface area contributed by atoms with Crippen LogP contribution in [0.3, 0.4) is 0 Å². The first-order valence-corrected chi connectivity index (χ1v) is 5.24. The van der Waals surface area contributed by atoms with E-state index in [-0.39, 0.29) is 0 Å². The van der Waals surface area contributed by atoms with E-state index >= 15 is 0 Å². The molecule has 0 aliphatic carbocycles. The summed E-state index contributed by atoms with van der Waals surface area (Å²) in [5, 5.41) is 6.78. The number of nitrogens with two attached hydrogens (primary N) is 1.